The molecule has 3 heteroatoms. The minimum atomic E-state index is 0.0729. The molecule has 0 rings (SSSR count). The Labute approximate surface area is 125 Å². The van der Waals surface area contributed by atoms with E-state index < -0.39 is 0 Å². The standard InChI is InChI=1S/C17H35NO2/c1-3-5-6-7-8-9-10-11-12-13-17(20)18(14-4-2)15-16-19/h19H,3-16H2,1-2H3. The third kappa shape index (κ3) is 11.3. The van der Waals surface area contributed by atoms with Crippen LogP contribution in [0.2, 0.25) is 0 Å². The predicted octanol–water partition coefficient (Wildman–Crippen LogP) is 4.14. The number of aliphatic hydroxyl groups is 1. The van der Waals surface area contributed by atoms with Crippen molar-refractivity contribution in [2.75, 3.05) is 19.7 Å². The van der Waals surface area contributed by atoms with Crippen molar-refractivity contribution in [2.45, 2.75) is 84.5 Å². The van der Waals surface area contributed by atoms with Crippen LogP contribution in [0.5, 0.6) is 0 Å². The zero-order valence-corrected chi connectivity index (χ0v) is 13.7. The summed E-state index contributed by atoms with van der Waals surface area (Å²) in [4.78, 5) is 13.7. The van der Waals surface area contributed by atoms with E-state index in [1.165, 1.54) is 51.4 Å². The average molecular weight is 285 g/mol. The molecule has 0 saturated heterocycles. The summed E-state index contributed by atoms with van der Waals surface area (Å²) in [7, 11) is 0. The maximum Gasteiger partial charge on any atom is 0.222 e. The van der Waals surface area contributed by atoms with Crippen LogP contribution < -0.4 is 0 Å². The fourth-order valence-electron chi connectivity index (χ4n) is 2.50. The first-order valence-electron chi connectivity index (χ1n) is 8.64. The van der Waals surface area contributed by atoms with E-state index in [2.05, 4.69) is 13.8 Å². The van der Waals surface area contributed by atoms with Crippen LogP contribution in [-0.2, 0) is 4.79 Å². The Kier molecular flexibility index (Phi) is 14.4. The van der Waals surface area contributed by atoms with Gasteiger partial charge in [0.15, 0.2) is 0 Å². The number of rotatable bonds is 14. The Balaban J connectivity index is 3.45. The van der Waals surface area contributed by atoms with Gasteiger partial charge in [-0.3, -0.25) is 4.79 Å². The number of amides is 1. The van der Waals surface area contributed by atoms with Gasteiger partial charge in [-0.15, -0.1) is 0 Å². The van der Waals surface area contributed by atoms with Crippen LogP contribution in [-0.4, -0.2) is 35.6 Å². The second-order valence-electron chi connectivity index (χ2n) is 5.68. The number of carbonyl (C=O) groups is 1. The fraction of sp³-hybridized carbons (Fsp3) is 0.941. The van der Waals surface area contributed by atoms with Gasteiger partial charge in [0.2, 0.25) is 5.91 Å². The summed E-state index contributed by atoms with van der Waals surface area (Å²) in [5.41, 5.74) is 0. The van der Waals surface area contributed by atoms with Crippen molar-refractivity contribution in [3.63, 3.8) is 0 Å². The van der Waals surface area contributed by atoms with Crippen LogP contribution >= 0.6 is 0 Å². The molecule has 0 heterocycles. The van der Waals surface area contributed by atoms with E-state index in [1.54, 1.807) is 4.90 Å². The molecule has 1 N–H and O–H groups in total. The van der Waals surface area contributed by atoms with E-state index in [1.807, 2.05) is 0 Å². The lowest BCUT2D eigenvalue weighted by Crippen LogP contribution is -2.34. The number of aliphatic hydroxyl groups excluding tert-OH is 1. The first-order valence-corrected chi connectivity index (χ1v) is 8.64. The summed E-state index contributed by atoms with van der Waals surface area (Å²) < 4.78 is 0. The largest absolute Gasteiger partial charge is 0.395 e. The first-order chi connectivity index (χ1) is 9.76. The smallest absolute Gasteiger partial charge is 0.222 e. The summed E-state index contributed by atoms with van der Waals surface area (Å²) >= 11 is 0. The summed E-state index contributed by atoms with van der Waals surface area (Å²) in [6, 6.07) is 0. The molecular weight excluding hydrogens is 250 g/mol. The molecule has 120 valence electrons. The molecule has 20 heavy (non-hydrogen) atoms. The van der Waals surface area contributed by atoms with Gasteiger partial charge in [0.1, 0.15) is 0 Å². The second kappa shape index (κ2) is 14.8. The third-order valence-corrected chi connectivity index (χ3v) is 3.71. The average Bonchev–Trinajstić information content (AvgIpc) is 2.45. The Morgan fingerprint density at radius 3 is 1.85 bits per heavy atom. The quantitative estimate of drug-likeness (QED) is 0.487. The molecule has 0 aromatic heterocycles. The number of nitrogens with zero attached hydrogens (tertiary/aromatic N) is 1. The van der Waals surface area contributed by atoms with Crippen molar-refractivity contribution in [1.29, 1.82) is 0 Å². The summed E-state index contributed by atoms with van der Waals surface area (Å²) in [6.07, 6.45) is 13.1. The number of carbonyl (C=O) groups excluding carboxylic acids is 1. The predicted molar refractivity (Wildman–Crippen MR) is 85.8 cm³/mol. The van der Waals surface area contributed by atoms with Gasteiger partial charge in [0.05, 0.1) is 6.61 Å². The second-order valence-corrected chi connectivity index (χ2v) is 5.68. The van der Waals surface area contributed by atoms with Gasteiger partial charge >= 0.3 is 0 Å². The number of hydrogen-bond acceptors (Lipinski definition) is 2. The van der Waals surface area contributed by atoms with Crippen molar-refractivity contribution in [2.24, 2.45) is 0 Å². The lowest BCUT2D eigenvalue weighted by atomic mass is 10.1. The van der Waals surface area contributed by atoms with E-state index in [0.717, 1.165) is 19.4 Å². The van der Waals surface area contributed by atoms with Gasteiger partial charge in [-0.2, -0.15) is 0 Å². The van der Waals surface area contributed by atoms with E-state index in [4.69, 9.17) is 5.11 Å². The van der Waals surface area contributed by atoms with Crippen LogP contribution in [0.4, 0.5) is 0 Å². The molecule has 0 aliphatic heterocycles. The van der Waals surface area contributed by atoms with Crippen molar-refractivity contribution in [3.05, 3.63) is 0 Å². The highest BCUT2D eigenvalue weighted by Gasteiger charge is 2.10. The Bertz CT molecular complexity index is 213. The van der Waals surface area contributed by atoms with Gasteiger partial charge in [-0.1, -0.05) is 65.2 Å². The topological polar surface area (TPSA) is 40.5 Å². The number of hydrogen-bond donors (Lipinski definition) is 1. The van der Waals surface area contributed by atoms with Gasteiger partial charge in [0, 0.05) is 19.5 Å². The highest BCUT2D eigenvalue weighted by molar-refractivity contribution is 5.76. The molecule has 0 fully saturated rings. The summed E-state index contributed by atoms with van der Waals surface area (Å²) in [6.45, 7) is 5.65. The molecule has 0 atom stereocenters. The van der Waals surface area contributed by atoms with Crippen LogP contribution in [0.1, 0.15) is 84.5 Å². The van der Waals surface area contributed by atoms with Gasteiger partial charge in [0.25, 0.3) is 0 Å². The molecule has 0 spiro atoms. The van der Waals surface area contributed by atoms with E-state index >= 15 is 0 Å². The lowest BCUT2D eigenvalue weighted by Gasteiger charge is -2.20. The monoisotopic (exact) mass is 285 g/mol. The van der Waals surface area contributed by atoms with E-state index in [9.17, 15) is 4.79 Å². The summed E-state index contributed by atoms with van der Waals surface area (Å²) in [5.74, 6) is 0.212. The molecule has 0 aromatic rings. The SMILES string of the molecule is CCCCCCCCCCCC(=O)N(CCC)CCO. The molecule has 0 aromatic carbocycles. The molecule has 0 radical (unpaired) electrons. The van der Waals surface area contributed by atoms with Crippen molar-refractivity contribution < 1.29 is 9.90 Å². The minimum absolute atomic E-state index is 0.0729. The van der Waals surface area contributed by atoms with Gasteiger partial charge in [-0.25, -0.2) is 0 Å². The molecule has 0 unspecified atom stereocenters. The molecule has 0 aliphatic rings. The Morgan fingerprint density at radius 1 is 0.800 bits per heavy atom. The molecular formula is C17H35NO2. The zero-order chi connectivity index (χ0) is 15.1. The van der Waals surface area contributed by atoms with Crippen LogP contribution in [0.25, 0.3) is 0 Å². The molecule has 3 nitrogen and oxygen atoms in total. The van der Waals surface area contributed by atoms with Crippen LogP contribution in [0, 0.1) is 0 Å². The molecule has 0 saturated carbocycles. The normalized spacial score (nSPS) is 10.8. The first kappa shape index (κ1) is 19.4. The van der Waals surface area contributed by atoms with Crippen LogP contribution in [0.3, 0.4) is 0 Å². The van der Waals surface area contributed by atoms with Crippen molar-refractivity contribution in [1.82, 2.24) is 4.90 Å². The fourth-order valence-corrected chi connectivity index (χ4v) is 2.50. The maximum absolute atomic E-state index is 11.9. The van der Waals surface area contributed by atoms with Crippen molar-refractivity contribution >= 4 is 5.91 Å². The van der Waals surface area contributed by atoms with E-state index in [-0.39, 0.29) is 12.5 Å². The highest BCUT2D eigenvalue weighted by Crippen LogP contribution is 2.11. The maximum atomic E-state index is 11.9. The van der Waals surface area contributed by atoms with E-state index in [0.29, 0.717) is 13.0 Å². The zero-order valence-electron chi connectivity index (χ0n) is 13.7. The van der Waals surface area contributed by atoms with Gasteiger partial charge in [-0.05, 0) is 12.8 Å². The van der Waals surface area contributed by atoms with Crippen LogP contribution in [0.15, 0.2) is 0 Å². The number of unbranched alkanes of at least 4 members (excludes halogenated alkanes) is 8. The summed E-state index contributed by atoms with van der Waals surface area (Å²) in [5, 5.41) is 8.95. The Hall–Kier alpha value is -0.570. The minimum Gasteiger partial charge on any atom is -0.395 e. The van der Waals surface area contributed by atoms with Gasteiger partial charge < -0.3 is 10.0 Å². The molecule has 0 aliphatic carbocycles. The highest BCUT2D eigenvalue weighted by atomic mass is 16.3. The molecule has 1 amide bonds. The Morgan fingerprint density at radius 2 is 1.35 bits per heavy atom. The third-order valence-electron chi connectivity index (χ3n) is 3.71. The van der Waals surface area contributed by atoms with Crippen molar-refractivity contribution in [3.8, 4) is 0 Å². The lowest BCUT2D eigenvalue weighted by molar-refractivity contribution is -0.131. The molecule has 0 bridgehead atoms.